The van der Waals surface area contributed by atoms with Crippen LogP contribution >= 0.6 is 0 Å². The molecule has 0 aromatic carbocycles. The molecule has 0 aromatic heterocycles. The molecular weight excluding hydrogens is 102 g/mol. The molecule has 6 aliphatic rings. The van der Waals surface area contributed by atoms with Crippen LogP contribution in [-0.4, -0.2) is 39.4 Å². The van der Waals surface area contributed by atoms with Gasteiger partial charge in [-0.3, -0.25) is 0 Å². The van der Waals surface area contributed by atoms with E-state index in [1.807, 2.05) is 0 Å². The molecule has 0 amide bonds. The lowest BCUT2D eigenvalue weighted by molar-refractivity contribution is -0.709. The van der Waals surface area contributed by atoms with Crippen molar-refractivity contribution in [3.63, 3.8) is 0 Å². The van der Waals surface area contributed by atoms with Gasteiger partial charge in [0.2, 0.25) is 0 Å². The summed E-state index contributed by atoms with van der Waals surface area (Å²) >= 11 is 0. The van der Waals surface area contributed by atoms with Gasteiger partial charge < -0.3 is 0 Å². The molecule has 0 bridgehead atoms. The standard InChI is InChI=1S/C5H5N3/c1-2-4-3(1)7-5(1)6(2)8(4)7/h1-5H. The zero-order chi connectivity index (χ0) is 4.62. The van der Waals surface area contributed by atoms with Crippen LogP contribution in [0.2, 0.25) is 0 Å². The number of hydrazine groups is 2. The Morgan fingerprint density at radius 3 is 1.75 bits per heavy atom. The van der Waals surface area contributed by atoms with E-state index in [1.54, 1.807) is 0 Å². The zero-order valence-corrected chi connectivity index (χ0v) is 4.23. The van der Waals surface area contributed by atoms with Crippen molar-refractivity contribution in [2.24, 2.45) is 5.92 Å². The maximum atomic E-state index is 2.52. The predicted octanol–water partition coefficient (Wildman–Crippen LogP) is -1.16. The molecule has 0 N–H and O–H groups in total. The van der Waals surface area contributed by atoms with Gasteiger partial charge in [0.25, 0.3) is 0 Å². The summed E-state index contributed by atoms with van der Waals surface area (Å²) in [7, 11) is 0. The van der Waals surface area contributed by atoms with Gasteiger partial charge in [0.05, 0.1) is 24.3 Å². The Morgan fingerprint density at radius 1 is 0.875 bits per heavy atom. The summed E-state index contributed by atoms with van der Waals surface area (Å²) in [5.74, 6) is 1.14. The van der Waals surface area contributed by atoms with Crippen LogP contribution in [0.15, 0.2) is 0 Å². The van der Waals surface area contributed by atoms with Crippen molar-refractivity contribution in [3.05, 3.63) is 0 Å². The molecule has 40 valence electrons. The fourth-order valence-electron chi connectivity index (χ4n) is 3.38. The number of hydrogen-bond donors (Lipinski definition) is 0. The van der Waals surface area contributed by atoms with Crippen molar-refractivity contribution in [2.45, 2.75) is 24.3 Å². The average Bonchev–Trinajstić information content (AvgIpc) is 1.90. The van der Waals surface area contributed by atoms with Crippen LogP contribution in [0.4, 0.5) is 0 Å². The second-order valence-corrected chi connectivity index (χ2v) is 3.54. The number of rotatable bonds is 0. The van der Waals surface area contributed by atoms with Crippen LogP contribution in [0.25, 0.3) is 0 Å². The second kappa shape index (κ2) is 0.417. The van der Waals surface area contributed by atoms with Gasteiger partial charge in [-0.1, -0.05) is 0 Å². The fourth-order valence-corrected chi connectivity index (χ4v) is 3.38. The molecule has 2 unspecified atom stereocenters. The molecule has 0 radical (unpaired) electrons. The lowest BCUT2D eigenvalue weighted by Gasteiger charge is -3.04. The third kappa shape index (κ3) is 0.0611. The number of piperidine rings is 2. The van der Waals surface area contributed by atoms with E-state index in [1.165, 1.54) is 0 Å². The van der Waals surface area contributed by atoms with Gasteiger partial charge in [-0.25, -0.2) is 10.0 Å². The maximum absolute atomic E-state index is 2.52. The van der Waals surface area contributed by atoms with Crippen molar-refractivity contribution in [1.82, 2.24) is 15.1 Å². The molecule has 2 atom stereocenters. The lowest BCUT2D eigenvalue weighted by atomic mass is 9.46. The van der Waals surface area contributed by atoms with Crippen molar-refractivity contribution in [2.75, 3.05) is 0 Å². The molecule has 3 heteroatoms. The molecule has 5 saturated heterocycles. The Hall–Kier alpha value is -0.120. The molecule has 6 rings (SSSR count). The van der Waals surface area contributed by atoms with E-state index < -0.39 is 0 Å². The van der Waals surface area contributed by atoms with Gasteiger partial charge in [-0.2, -0.15) is 5.12 Å². The minimum absolute atomic E-state index is 0.926. The van der Waals surface area contributed by atoms with E-state index in [-0.39, 0.29) is 0 Å². The van der Waals surface area contributed by atoms with E-state index in [0.29, 0.717) is 0 Å². The predicted molar refractivity (Wildman–Crippen MR) is 24.2 cm³/mol. The van der Waals surface area contributed by atoms with E-state index in [2.05, 4.69) is 15.1 Å². The fraction of sp³-hybridized carbons (Fsp3) is 1.00. The highest BCUT2D eigenvalue weighted by molar-refractivity contribution is 5.42. The second-order valence-electron chi connectivity index (χ2n) is 3.54. The Morgan fingerprint density at radius 2 is 1.62 bits per heavy atom. The smallest absolute Gasteiger partial charge is 0.0988 e. The monoisotopic (exact) mass is 107 g/mol. The lowest BCUT2D eigenvalue weighted by Crippen LogP contribution is -3.22. The summed E-state index contributed by atoms with van der Waals surface area (Å²) < 4.78 is 0. The van der Waals surface area contributed by atoms with Gasteiger partial charge in [0, 0.05) is 5.92 Å². The van der Waals surface area contributed by atoms with E-state index in [9.17, 15) is 0 Å². The highest BCUT2D eigenvalue weighted by Crippen LogP contribution is 2.79. The molecule has 5 heterocycles. The maximum Gasteiger partial charge on any atom is 0.0988 e. The van der Waals surface area contributed by atoms with Crippen LogP contribution in [0.5, 0.6) is 0 Å². The summed E-state index contributed by atoms with van der Waals surface area (Å²) in [6.07, 6.45) is 0.926. The molecule has 1 saturated carbocycles. The third-order valence-electron chi connectivity index (χ3n) is 3.73. The number of hydrogen-bond acceptors (Lipinski definition) is 3. The quantitative estimate of drug-likeness (QED) is 0.386. The van der Waals surface area contributed by atoms with Crippen LogP contribution in [0.3, 0.4) is 0 Å². The molecule has 0 aromatic rings. The van der Waals surface area contributed by atoms with Gasteiger partial charge in [-0.15, -0.1) is 0 Å². The average molecular weight is 107 g/mol. The Kier molecular flexibility index (Phi) is 0.138. The summed E-state index contributed by atoms with van der Waals surface area (Å²) in [5.41, 5.74) is 0. The van der Waals surface area contributed by atoms with Crippen molar-refractivity contribution in [1.29, 1.82) is 0 Å². The third-order valence-corrected chi connectivity index (χ3v) is 3.73. The van der Waals surface area contributed by atoms with Crippen molar-refractivity contribution in [3.8, 4) is 0 Å². The first kappa shape index (κ1) is 2.64. The minimum Gasteiger partial charge on any atom is -0.203 e. The largest absolute Gasteiger partial charge is 0.203 e. The highest BCUT2D eigenvalue weighted by atomic mass is 16.2. The number of nitrogens with zero attached hydrogens (tertiary/aromatic N) is 3. The van der Waals surface area contributed by atoms with E-state index in [4.69, 9.17) is 0 Å². The Bertz CT molecular complexity index is 118. The Balaban J connectivity index is 2.00. The van der Waals surface area contributed by atoms with Crippen LogP contribution in [0, 0.1) is 5.92 Å². The van der Waals surface area contributed by atoms with Gasteiger partial charge >= 0.3 is 0 Å². The van der Waals surface area contributed by atoms with Gasteiger partial charge in [-0.05, 0) is 0 Å². The first-order chi connectivity index (χ1) is 4.00. The van der Waals surface area contributed by atoms with E-state index in [0.717, 1.165) is 30.2 Å². The van der Waals surface area contributed by atoms with Crippen molar-refractivity contribution < 1.29 is 0 Å². The Labute approximate surface area is 46.4 Å². The van der Waals surface area contributed by atoms with Gasteiger partial charge in [0.15, 0.2) is 0 Å². The first-order valence-corrected chi connectivity index (χ1v) is 3.36. The first-order valence-electron chi connectivity index (χ1n) is 3.36. The van der Waals surface area contributed by atoms with Crippen molar-refractivity contribution >= 4 is 0 Å². The molecule has 1 aliphatic carbocycles. The molecule has 8 heavy (non-hydrogen) atoms. The normalized spacial score (nSPS) is 87.8. The van der Waals surface area contributed by atoms with Crippen LogP contribution in [0.1, 0.15) is 0 Å². The summed E-state index contributed by atoms with van der Waals surface area (Å²) in [5, 5.41) is 7.48. The molecule has 5 aliphatic heterocycles. The molecule has 0 spiro atoms. The highest BCUT2D eigenvalue weighted by Gasteiger charge is 2.98. The zero-order valence-electron chi connectivity index (χ0n) is 4.23. The topological polar surface area (TPSA) is 9.72 Å². The van der Waals surface area contributed by atoms with E-state index >= 15 is 0 Å². The van der Waals surface area contributed by atoms with Crippen LogP contribution < -0.4 is 0 Å². The summed E-state index contributed by atoms with van der Waals surface area (Å²) in [6, 6.07) is 3.12. The summed E-state index contributed by atoms with van der Waals surface area (Å²) in [6.45, 7) is 0. The SMILES string of the molecule is C12C3C4C1N1C2N3N41. The molecular formula is C5H5N3. The molecule has 3 nitrogen and oxygen atoms in total. The summed E-state index contributed by atoms with van der Waals surface area (Å²) in [4.78, 5) is 0. The molecule has 6 fully saturated rings. The van der Waals surface area contributed by atoms with Gasteiger partial charge in [0.1, 0.15) is 0 Å². The van der Waals surface area contributed by atoms with Crippen LogP contribution in [-0.2, 0) is 0 Å². The minimum atomic E-state index is 0.926.